The summed E-state index contributed by atoms with van der Waals surface area (Å²) in [6.45, 7) is 4.53. The zero-order chi connectivity index (χ0) is 16.8. The Morgan fingerprint density at radius 3 is 2.52 bits per heavy atom. The molecule has 0 aliphatic heterocycles. The summed E-state index contributed by atoms with van der Waals surface area (Å²) in [6.07, 6.45) is 4.02. The predicted octanol–water partition coefficient (Wildman–Crippen LogP) is 4.81. The van der Waals surface area contributed by atoms with E-state index in [-0.39, 0.29) is 5.91 Å². The summed E-state index contributed by atoms with van der Waals surface area (Å²) in [6, 6.07) is 10.8. The Morgan fingerprint density at radius 1 is 1.22 bits per heavy atom. The molecule has 1 aromatic carbocycles. The molecule has 1 aromatic heterocycles. The minimum absolute atomic E-state index is 0.123. The summed E-state index contributed by atoms with van der Waals surface area (Å²) in [5.74, 6) is -0.123. The number of carbonyl (C=O) groups is 1. The highest BCUT2D eigenvalue weighted by Crippen LogP contribution is 2.20. The largest absolute Gasteiger partial charge is 0.348 e. The molecule has 1 amide bonds. The van der Waals surface area contributed by atoms with E-state index in [9.17, 15) is 4.79 Å². The summed E-state index contributed by atoms with van der Waals surface area (Å²) >= 11 is 7.41. The topological polar surface area (TPSA) is 42.0 Å². The van der Waals surface area contributed by atoms with Crippen molar-refractivity contribution >= 4 is 35.3 Å². The number of thioether (sulfide) groups is 1. The van der Waals surface area contributed by atoms with Crippen LogP contribution in [0.25, 0.3) is 6.08 Å². The number of aromatic nitrogens is 1. The van der Waals surface area contributed by atoms with Gasteiger partial charge in [0.15, 0.2) is 0 Å². The predicted molar refractivity (Wildman–Crippen MR) is 98.0 cm³/mol. The number of halogens is 1. The molecule has 2 aromatic rings. The minimum atomic E-state index is -0.123. The molecule has 0 atom stereocenters. The fourth-order valence-corrected chi connectivity index (χ4v) is 2.77. The molecule has 120 valence electrons. The van der Waals surface area contributed by atoms with Gasteiger partial charge in [-0.3, -0.25) is 4.79 Å². The van der Waals surface area contributed by atoms with Crippen molar-refractivity contribution in [3.05, 3.63) is 63.8 Å². The van der Waals surface area contributed by atoms with E-state index in [0.717, 1.165) is 16.3 Å². The molecule has 0 saturated carbocycles. The first kappa shape index (κ1) is 17.6. The smallest absolute Gasteiger partial charge is 0.251 e. The molecular weight excluding hydrogens is 328 g/mol. The fraction of sp³-hybridized carbons (Fsp3) is 0.222. The van der Waals surface area contributed by atoms with Crippen molar-refractivity contribution in [2.45, 2.75) is 25.4 Å². The Balaban J connectivity index is 2.09. The quantitative estimate of drug-likeness (QED) is 0.790. The number of carbonyl (C=O) groups excluding carboxylic acids is 1. The summed E-state index contributed by atoms with van der Waals surface area (Å²) in [4.78, 5) is 16.8. The van der Waals surface area contributed by atoms with Gasteiger partial charge in [0.05, 0.1) is 5.69 Å². The van der Waals surface area contributed by atoms with E-state index in [0.29, 0.717) is 17.1 Å². The van der Waals surface area contributed by atoms with Crippen LogP contribution in [0.2, 0.25) is 5.02 Å². The normalized spacial score (nSPS) is 10.3. The van der Waals surface area contributed by atoms with E-state index in [1.807, 2.05) is 38.3 Å². The number of nitrogens with one attached hydrogen (secondary N) is 1. The zero-order valence-electron chi connectivity index (χ0n) is 13.4. The Hall–Kier alpha value is -1.78. The Bertz CT molecular complexity index is 722. The van der Waals surface area contributed by atoms with E-state index in [1.165, 1.54) is 5.57 Å². The number of hydrogen-bond donors (Lipinski definition) is 1. The van der Waals surface area contributed by atoms with Crippen molar-refractivity contribution in [1.82, 2.24) is 10.3 Å². The molecule has 2 rings (SSSR count). The SMILES string of the molecule is CSc1nc(C=C(C)C)ccc1CNC(=O)c1ccc(Cl)cc1. The second-order valence-corrected chi connectivity index (χ2v) is 6.55. The highest BCUT2D eigenvalue weighted by Gasteiger charge is 2.08. The number of rotatable bonds is 5. The van der Waals surface area contributed by atoms with Gasteiger partial charge in [0.2, 0.25) is 0 Å². The first-order valence-corrected chi connectivity index (χ1v) is 8.82. The van der Waals surface area contributed by atoms with Crippen molar-refractivity contribution in [1.29, 1.82) is 0 Å². The van der Waals surface area contributed by atoms with Crippen LogP contribution < -0.4 is 5.32 Å². The number of nitrogens with zero attached hydrogens (tertiary/aromatic N) is 1. The Labute approximate surface area is 146 Å². The number of benzene rings is 1. The highest BCUT2D eigenvalue weighted by atomic mass is 35.5. The van der Waals surface area contributed by atoms with E-state index in [2.05, 4.69) is 10.3 Å². The van der Waals surface area contributed by atoms with Crippen LogP contribution in [-0.4, -0.2) is 17.1 Å². The molecule has 0 fully saturated rings. The van der Waals surface area contributed by atoms with Gasteiger partial charge in [-0.2, -0.15) is 0 Å². The monoisotopic (exact) mass is 346 g/mol. The van der Waals surface area contributed by atoms with Crippen molar-refractivity contribution in [3.63, 3.8) is 0 Å². The summed E-state index contributed by atoms with van der Waals surface area (Å²) < 4.78 is 0. The van der Waals surface area contributed by atoms with E-state index in [4.69, 9.17) is 11.6 Å². The molecule has 0 aliphatic carbocycles. The maximum absolute atomic E-state index is 12.2. The molecule has 0 saturated heterocycles. The molecule has 3 nitrogen and oxygen atoms in total. The van der Waals surface area contributed by atoms with Gasteiger partial charge in [-0.25, -0.2) is 4.98 Å². The maximum Gasteiger partial charge on any atom is 0.251 e. The highest BCUT2D eigenvalue weighted by molar-refractivity contribution is 7.98. The zero-order valence-corrected chi connectivity index (χ0v) is 15.0. The average Bonchev–Trinajstić information content (AvgIpc) is 2.53. The first-order valence-electron chi connectivity index (χ1n) is 7.22. The van der Waals surface area contributed by atoms with Gasteiger partial charge in [0.25, 0.3) is 5.91 Å². The third-order valence-electron chi connectivity index (χ3n) is 3.14. The standard InChI is InChI=1S/C18H19ClN2OS/c1-12(2)10-16-9-6-14(18(21-16)23-3)11-20-17(22)13-4-7-15(19)8-5-13/h4-10H,11H2,1-3H3,(H,20,22). The molecule has 0 unspecified atom stereocenters. The molecule has 5 heteroatoms. The van der Waals surface area contributed by atoms with Crippen LogP contribution in [0.15, 0.2) is 47.0 Å². The number of allylic oxidation sites excluding steroid dienone is 1. The van der Waals surface area contributed by atoms with E-state index in [1.54, 1.807) is 36.0 Å². The van der Waals surface area contributed by atoms with Crippen LogP contribution in [0.1, 0.15) is 35.5 Å². The second kappa shape index (κ2) is 8.18. The molecule has 1 N–H and O–H groups in total. The fourth-order valence-electron chi connectivity index (χ4n) is 2.05. The van der Waals surface area contributed by atoms with Gasteiger partial charge in [0.1, 0.15) is 5.03 Å². The summed E-state index contributed by atoms with van der Waals surface area (Å²) in [5.41, 5.74) is 3.73. The number of hydrogen-bond acceptors (Lipinski definition) is 3. The van der Waals surface area contributed by atoms with Crippen LogP contribution in [0.3, 0.4) is 0 Å². The third-order valence-corrected chi connectivity index (χ3v) is 4.13. The first-order chi connectivity index (χ1) is 11.0. The Kier molecular flexibility index (Phi) is 6.25. The van der Waals surface area contributed by atoms with Gasteiger partial charge in [-0.05, 0) is 56.5 Å². The molecule has 0 radical (unpaired) electrons. The van der Waals surface area contributed by atoms with Gasteiger partial charge in [-0.1, -0.05) is 23.2 Å². The van der Waals surface area contributed by atoms with Crippen molar-refractivity contribution < 1.29 is 4.79 Å². The molecular formula is C18H19ClN2OS. The molecule has 23 heavy (non-hydrogen) atoms. The van der Waals surface area contributed by atoms with Crippen molar-refractivity contribution in [3.8, 4) is 0 Å². The van der Waals surface area contributed by atoms with Gasteiger partial charge >= 0.3 is 0 Å². The Morgan fingerprint density at radius 2 is 1.91 bits per heavy atom. The lowest BCUT2D eigenvalue weighted by atomic mass is 10.2. The second-order valence-electron chi connectivity index (χ2n) is 5.32. The lowest BCUT2D eigenvalue weighted by Gasteiger charge is -2.10. The van der Waals surface area contributed by atoms with Gasteiger partial charge < -0.3 is 5.32 Å². The average molecular weight is 347 g/mol. The van der Waals surface area contributed by atoms with Gasteiger partial charge in [-0.15, -0.1) is 11.8 Å². The van der Waals surface area contributed by atoms with Crippen LogP contribution in [-0.2, 0) is 6.54 Å². The minimum Gasteiger partial charge on any atom is -0.348 e. The number of pyridine rings is 1. The van der Waals surface area contributed by atoms with Crippen LogP contribution in [0.5, 0.6) is 0 Å². The lowest BCUT2D eigenvalue weighted by Crippen LogP contribution is -2.23. The lowest BCUT2D eigenvalue weighted by molar-refractivity contribution is 0.0950. The summed E-state index contributed by atoms with van der Waals surface area (Å²) in [7, 11) is 0. The van der Waals surface area contributed by atoms with E-state index >= 15 is 0 Å². The van der Waals surface area contributed by atoms with E-state index < -0.39 is 0 Å². The molecule has 0 spiro atoms. The molecule has 0 aliphatic rings. The number of amides is 1. The van der Waals surface area contributed by atoms with Crippen molar-refractivity contribution in [2.75, 3.05) is 6.26 Å². The third kappa shape index (κ3) is 5.12. The molecule has 1 heterocycles. The maximum atomic E-state index is 12.2. The summed E-state index contributed by atoms with van der Waals surface area (Å²) in [5, 5.41) is 4.46. The molecule has 0 bridgehead atoms. The van der Waals surface area contributed by atoms with Crippen LogP contribution in [0, 0.1) is 0 Å². The van der Waals surface area contributed by atoms with Crippen LogP contribution in [0.4, 0.5) is 0 Å². The van der Waals surface area contributed by atoms with Crippen LogP contribution >= 0.6 is 23.4 Å². The van der Waals surface area contributed by atoms with Crippen molar-refractivity contribution in [2.24, 2.45) is 0 Å². The van der Waals surface area contributed by atoms with Gasteiger partial charge in [0, 0.05) is 22.7 Å².